The molecule has 0 aromatic heterocycles. The Morgan fingerprint density at radius 2 is 0.344 bits per heavy atom. The van der Waals surface area contributed by atoms with Crippen molar-refractivity contribution in [3.05, 3.63) is 182 Å². The van der Waals surface area contributed by atoms with Gasteiger partial charge in [-0.1, -0.05) is 0 Å². The number of halogens is 1. The molecule has 0 fully saturated rings. The van der Waals surface area contributed by atoms with Gasteiger partial charge >= 0.3 is 0 Å². The summed E-state index contributed by atoms with van der Waals surface area (Å²) in [6.45, 7) is 0. The Bertz CT molecular complexity index is 555. The molecule has 0 aliphatic carbocycles. The predicted molar refractivity (Wildman–Crippen MR) is 134 cm³/mol. The van der Waals surface area contributed by atoms with E-state index in [1.54, 1.807) is 0 Å². The molecule has 5 aromatic rings. The molecule has 0 radical (unpaired) electrons. The average Bonchev–Trinajstić information content (AvgIpc) is 2.91. The molecule has 0 aliphatic heterocycles. The zero-order valence-electron chi connectivity index (χ0n) is 17.8. The second-order valence-electron chi connectivity index (χ2n) is 5.39. The molecule has 0 nitrogen and oxygen atoms in total. The molecule has 0 amide bonds. The summed E-state index contributed by atoms with van der Waals surface area (Å²) in [5, 5.41) is 0. The van der Waals surface area contributed by atoms with E-state index in [2.05, 4.69) is 30.3 Å². The fourth-order valence-corrected chi connectivity index (χ4v) is 1.71. The van der Waals surface area contributed by atoms with Crippen LogP contribution in [0.15, 0.2) is 152 Å². The van der Waals surface area contributed by atoms with Crippen LogP contribution in [0.4, 0.5) is 0 Å². The standard InChI is InChI=1S/5C6H5.ClH.Zr/c5*1-2-4-6-5-3-1;;/h5*1-5H;1H;/q5*-1;;. The van der Waals surface area contributed by atoms with Crippen LogP contribution in [-0.4, -0.2) is 0 Å². The van der Waals surface area contributed by atoms with Crippen molar-refractivity contribution in [3.8, 4) is 0 Å². The summed E-state index contributed by atoms with van der Waals surface area (Å²) >= 11 is 0. The van der Waals surface area contributed by atoms with Crippen molar-refractivity contribution in [2.75, 3.05) is 0 Å². The Kier molecular flexibility index (Phi) is 27.8. The number of rotatable bonds is 0. The number of hydrogen-bond acceptors (Lipinski definition) is 0. The smallest absolute Gasteiger partial charge is 0 e. The monoisotopic (exact) mass is 511 g/mol. The summed E-state index contributed by atoms with van der Waals surface area (Å²) in [4.78, 5) is 0. The first-order valence-electron chi connectivity index (χ1n) is 9.55. The first-order chi connectivity index (χ1) is 15.0. The van der Waals surface area contributed by atoms with Gasteiger partial charge in [0.1, 0.15) is 0 Å². The van der Waals surface area contributed by atoms with Gasteiger partial charge in [-0.05, 0) is 0 Å². The molecule has 32 heavy (non-hydrogen) atoms. The predicted octanol–water partition coefficient (Wildman–Crippen LogP) is 7.85. The van der Waals surface area contributed by atoms with E-state index in [1.807, 2.05) is 152 Å². The maximum absolute atomic E-state index is 2.89. The molecule has 0 bridgehead atoms. The quantitative estimate of drug-likeness (QED) is 0.185. The SMILES string of the molecule is Cl.[Zr].[c-]1ccccc1.[c-]1ccccc1.[c-]1ccccc1.[c-]1ccccc1.[c-]1ccccc1. The molecule has 5 rings (SSSR count). The van der Waals surface area contributed by atoms with E-state index in [4.69, 9.17) is 0 Å². The van der Waals surface area contributed by atoms with E-state index in [-0.39, 0.29) is 38.6 Å². The van der Waals surface area contributed by atoms with Gasteiger partial charge in [0.25, 0.3) is 0 Å². The Hall–Kier alpha value is -2.73. The van der Waals surface area contributed by atoms with E-state index in [9.17, 15) is 0 Å². The van der Waals surface area contributed by atoms with Gasteiger partial charge < -0.3 is 0 Å². The second kappa shape index (κ2) is 28.3. The second-order valence-corrected chi connectivity index (χ2v) is 5.39. The minimum absolute atomic E-state index is 0. The van der Waals surface area contributed by atoms with Crippen LogP contribution in [0.2, 0.25) is 0 Å². The molecule has 2 heteroatoms. The van der Waals surface area contributed by atoms with Gasteiger partial charge in [0, 0.05) is 26.2 Å². The molecule has 0 unspecified atom stereocenters. The van der Waals surface area contributed by atoms with Gasteiger partial charge in [-0.2, -0.15) is 182 Å². The maximum Gasteiger partial charge on any atom is 0 e. The normalized spacial score (nSPS) is 7.50. The van der Waals surface area contributed by atoms with Crippen LogP contribution in [-0.2, 0) is 26.2 Å². The van der Waals surface area contributed by atoms with Gasteiger partial charge in [-0.25, -0.2) is 0 Å². The van der Waals surface area contributed by atoms with E-state index in [0.717, 1.165) is 0 Å². The van der Waals surface area contributed by atoms with Crippen molar-refractivity contribution in [1.29, 1.82) is 0 Å². The van der Waals surface area contributed by atoms with Crippen LogP contribution >= 0.6 is 12.4 Å². The van der Waals surface area contributed by atoms with Gasteiger partial charge in [0.15, 0.2) is 0 Å². The van der Waals surface area contributed by atoms with Crippen LogP contribution in [0.1, 0.15) is 0 Å². The molecular formula is C30H26ClZr-5. The summed E-state index contributed by atoms with van der Waals surface area (Å²) in [6, 6.07) is 62.5. The van der Waals surface area contributed by atoms with Crippen LogP contribution in [0, 0.1) is 30.3 Å². The number of benzene rings is 5. The molecule has 0 N–H and O–H groups in total. The third-order valence-electron chi connectivity index (χ3n) is 3.04. The van der Waals surface area contributed by atoms with Crippen LogP contribution in [0.25, 0.3) is 0 Å². The third-order valence-corrected chi connectivity index (χ3v) is 3.04. The summed E-state index contributed by atoms with van der Waals surface area (Å²) in [5.74, 6) is 0. The Morgan fingerprint density at radius 3 is 0.375 bits per heavy atom. The van der Waals surface area contributed by atoms with E-state index < -0.39 is 0 Å². The van der Waals surface area contributed by atoms with Gasteiger partial charge in [0.05, 0.1) is 0 Å². The fourth-order valence-electron chi connectivity index (χ4n) is 1.71. The van der Waals surface area contributed by atoms with Crippen LogP contribution < -0.4 is 0 Å². The summed E-state index contributed by atoms with van der Waals surface area (Å²) < 4.78 is 0. The average molecular weight is 513 g/mol. The van der Waals surface area contributed by atoms with Crippen molar-refractivity contribution < 1.29 is 26.2 Å². The topological polar surface area (TPSA) is 0 Å². The Balaban J connectivity index is 0. The van der Waals surface area contributed by atoms with E-state index >= 15 is 0 Å². The molecule has 0 spiro atoms. The molecule has 0 saturated heterocycles. The molecular weight excluding hydrogens is 487 g/mol. The number of hydrogen-bond donors (Lipinski definition) is 0. The fraction of sp³-hybridized carbons (Fsp3) is 0. The minimum atomic E-state index is 0. The van der Waals surface area contributed by atoms with Gasteiger partial charge in [-0.15, -0.1) is 12.4 Å². The maximum atomic E-state index is 2.89. The Morgan fingerprint density at radius 1 is 0.219 bits per heavy atom. The molecule has 162 valence electrons. The third kappa shape index (κ3) is 25.3. The van der Waals surface area contributed by atoms with E-state index in [1.165, 1.54) is 0 Å². The minimum Gasteiger partial charge on any atom is -0.184 e. The van der Waals surface area contributed by atoms with Gasteiger partial charge in [0.2, 0.25) is 0 Å². The van der Waals surface area contributed by atoms with Crippen molar-refractivity contribution in [2.45, 2.75) is 0 Å². The molecule has 0 aliphatic rings. The van der Waals surface area contributed by atoms with Crippen molar-refractivity contribution in [1.82, 2.24) is 0 Å². The zero-order chi connectivity index (χ0) is 21.2. The Labute approximate surface area is 219 Å². The summed E-state index contributed by atoms with van der Waals surface area (Å²) in [7, 11) is 0. The van der Waals surface area contributed by atoms with Crippen molar-refractivity contribution in [2.24, 2.45) is 0 Å². The first-order valence-corrected chi connectivity index (χ1v) is 9.55. The largest absolute Gasteiger partial charge is 0.184 e. The van der Waals surface area contributed by atoms with Crippen molar-refractivity contribution in [3.63, 3.8) is 0 Å². The zero-order valence-corrected chi connectivity index (χ0v) is 21.1. The van der Waals surface area contributed by atoms with E-state index in [0.29, 0.717) is 0 Å². The first kappa shape index (κ1) is 31.5. The summed E-state index contributed by atoms with van der Waals surface area (Å²) in [5.41, 5.74) is 0. The molecule has 5 aromatic carbocycles. The molecule has 0 saturated carbocycles. The van der Waals surface area contributed by atoms with Crippen LogP contribution in [0.5, 0.6) is 0 Å². The van der Waals surface area contributed by atoms with Crippen molar-refractivity contribution >= 4 is 12.4 Å². The molecule has 0 atom stereocenters. The van der Waals surface area contributed by atoms with Gasteiger partial charge in [-0.3, -0.25) is 0 Å². The molecule has 0 heterocycles. The van der Waals surface area contributed by atoms with Crippen LogP contribution in [0.3, 0.4) is 0 Å². The summed E-state index contributed by atoms with van der Waals surface area (Å²) in [6.07, 6.45) is 0.